The second-order valence-electron chi connectivity index (χ2n) is 2.76. The summed E-state index contributed by atoms with van der Waals surface area (Å²) >= 11 is 5.61. The summed E-state index contributed by atoms with van der Waals surface area (Å²) < 4.78 is 4.53. The van der Waals surface area contributed by atoms with Crippen molar-refractivity contribution < 1.29 is 9.53 Å². The molecule has 1 aromatic rings. The number of anilines is 1. The molecule has 0 saturated carbocycles. The first kappa shape index (κ1) is 11.5. The van der Waals surface area contributed by atoms with Crippen molar-refractivity contribution in [2.75, 3.05) is 18.5 Å². The van der Waals surface area contributed by atoms with Crippen LogP contribution in [0.2, 0.25) is 5.28 Å². The van der Waals surface area contributed by atoms with E-state index >= 15 is 0 Å². The molecule has 1 amide bonds. The Morgan fingerprint density at radius 2 is 2.47 bits per heavy atom. The van der Waals surface area contributed by atoms with Gasteiger partial charge in [-0.05, 0) is 18.5 Å². The molecular weight excluding hydrogens is 220 g/mol. The Labute approximate surface area is 91.8 Å². The van der Waals surface area contributed by atoms with Gasteiger partial charge in [-0.2, -0.15) is 0 Å². The van der Waals surface area contributed by atoms with Crippen LogP contribution in [0.1, 0.15) is 5.56 Å². The molecule has 0 saturated heterocycles. The molecule has 0 bridgehead atoms. The van der Waals surface area contributed by atoms with Crippen LogP contribution in [0.25, 0.3) is 0 Å². The smallest absolute Gasteiger partial charge is 0.404 e. The maximum atomic E-state index is 10.3. The molecule has 0 radical (unpaired) electrons. The Hall–Kier alpha value is -1.56. The molecule has 0 aliphatic carbocycles. The number of ether oxygens (including phenoxy) is 1. The first-order chi connectivity index (χ1) is 7.09. The minimum absolute atomic E-state index is 0.166. The summed E-state index contributed by atoms with van der Waals surface area (Å²) in [5.74, 6) is 0.614. The fraction of sp³-hybridized carbons (Fsp3) is 0.375. The molecule has 1 heterocycles. The number of rotatable bonds is 4. The molecule has 7 heteroatoms. The summed E-state index contributed by atoms with van der Waals surface area (Å²) in [6.07, 6.45) is 0.807. The molecule has 3 N–H and O–H groups in total. The maximum Gasteiger partial charge on any atom is 0.404 e. The first-order valence-electron chi connectivity index (χ1n) is 4.25. The van der Waals surface area contributed by atoms with E-state index in [-0.39, 0.29) is 11.9 Å². The number of hydrogen-bond acceptors (Lipinski definition) is 5. The van der Waals surface area contributed by atoms with Crippen LogP contribution < -0.4 is 11.1 Å². The van der Waals surface area contributed by atoms with Crippen LogP contribution in [-0.2, 0) is 4.74 Å². The summed E-state index contributed by atoms with van der Waals surface area (Å²) in [6, 6.07) is 0. The van der Waals surface area contributed by atoms with Crippen molar-refractivity contribution in [2.24, 2.45) is 5.73 Å². The number of carbonyl (C=O) groups excluding carboxylic acids is 1. The minimum Gasteiger partial charge on any atom is -0.448 e. The van der Waals surface area contributed by atoms with E-state index in [4.69, 9.17) is 17.3 Å². The van der Waals surface area contributed by atoms with Crippen molar-refractivity contribution in [1.29, 1.82) is 0 Å². The summed E-state index contributed by atoms with van der Waals surface area (Å²) in [7, 11) is 0. The highest BCUT2D eigenvalue weighted by Crippen LogP contribution is 2.11. The quantitative estimate of drug-likeness (QED) is 0.594. The molecule has 0 aliphatic rings. The molecule has 6 nitrogen and oxygen atoms in total. The fourth-order valence-electron chi connectivity index (χ4n) is 0.921. The molecule has 0 atom stereocenters. The topological polar surface area (TPSA) is 90.1 Å². The zero-order chi connectivity index (χ0) is 11.3. The lowest BCUT2D eigenvalue weighted by Gasteiger charge is -2.07. The van der Waals surface area contributed by atoms with Gasteiger partial charge in [0.15, 0.2) is 0 Å². The van der Waals surface area contributed by atoms with Crippen molar-refractivity contribution in [3.05, 3.63) is 17.0 Å². The number of primary amides is 1. The molecule has 82 valence electrons. The molecule has 0 spiro atoms. The van der Waals surface area contributed by atoms with Gasteiger partial charge in [-0.1, -0.05) is 0 Å². The number of aromatic nitrogens is 2. The van der Waals surface area contributed by atoms with Crippen molar-refractivity contribution in [1.82, 2.24) is 9.97 Å². The van der Waals surface area contributed by atoms with Crippen LogP contribution >= 0.6 is 11.6 Å². The second kappa shape index (κ2) is 5.35. The second-order valence-corrected chi connectivity index (χ2v) is 3.10. The summed E-state index contributed by atoms with van der Waals surface area (Å²) in [6.45, 7) is 2.43. The van der Waals surface area contributed by atoms with Gasteiger partial charge in [0.25, 0.3) is 0 Å². The van der Waals surface area contributed by atoms with Gasteiger partial charge in [0.05, 0.1) is 6.54 Å². The number of halogens is 1. The molecule has 15 heavy (non-hydrogen) atoms. The number of hydrogen-bond donors (Lipinski definition) is 2. The zero-order valence-electron chi connectivity index (χ0n) is 8.16. The van der Waals surface area contributed by atoms with Gasteiger partial charge >= 0.3 is 6.09 Å². The molecule has 1 rings (SSSR count). The van der Waals surface area contributed by atoms with Crippen molar-refractivity contribution >= 4 is 23.5 Å². The average molecular weight is 231 g/mol. The number of carbonyl (C=O) groups is 1. The van der Waals surface area contributed by atoms with E-state index in [0.29, 0.717) is 12.4 Å². The van der Waals surface area contributed by atoms with Gasteiger partial charge in [-0.3, -0.25) is 0 Å². The van der Waals surface area contributed by atoms with E-state index in [1.165, 1.54) is 0 Å². The average Bonchev–Trinajstić information content (AvgIpc) is 2.17. The third kappa shape index (κ3) is 3.99. The van der Waals surface area contributed by atoms with Gasteiger partial charge in [0.2, 0.25) is 5.28 Å². The monoisotopic (exact) mass is 230 g/mol. The molecule has 0 aromatic carbocycles. The number of nitrogens with one attached hydrogen (secondary N) is 1. The predicted molar refractivity (Wildman–Crippen MR) is 55.8 cm³/mol. The fourth-order valence-corrected chi connectivity index (χ4v) is 1.05. The number of nitrogens with zero attached hydrogens (tertiary/aromatic N) is 2. The van der Waals surface area contributed by atoms with Crippen LogP contribution in [0.5, 0.6) is 0 Å². The predicted octanol–water partition coefficient (Wildman–Crippen LogP) is 0.946. The lowest BCUT2D eigenvalue weighted by atomic mass is 10.3. The van der Waals surface area contributed by atoms with Crippen LogP contribution in [-0.4, -0.2) is 29.2 Å². The zero-order valence-corrected chi connectivity index (χ0v) is 8.91. The number of nitrogens with two attached hydrogens (primary N) is 1. The SMILES string of the molecule is Cc1cnc(Cl)nc1NCCOC(N)=O. The third-order valence-corrected chi connectivity index (χ3v) is 1.76. The van der Waals surface area contributed by atoms with Gasteiger partial charge in [-0.15, -0.1) is 0 Å². The Morgan fingerprint density at radius 1 is 1.73 bits per heavy atom. The summed E-state index contributed by atoms with van der Waals surface area (Å²) in [4.78, 5) is 18.0. The van der Waals surface area contributed by atoms with Crippen LogP contribution in [0, 0.1) is 6.92 Å². The van der Waals surface area contributed by atoms with E-state index in [0.717, 1.165) is 5.56 Å². The molecule has 0 unspecified atom stereocenters. The van der Waals surface area contributed by atoms with Crippen molar-refractivity contribution in [2.45, 2.75) is 6.92 Å². The van der Waals surface area contributed by atoms with Crippen LogP contribution in [0.4, 0.5) is 10.6 Å². The van der Waals surface area contributed by atoms with Gasteiger partial charge in [0, 0.05) is 11.8 Å². The van der Waals surface area contributed by atoms with E-state index in [9.17, 15) is 4.79 Å². The Morgan fingerprint density at radius 3 is 3.13 bits per heavy atom. The molecule has 0 fully saturated rings. The van der Waals surface area contributed by atoms with E-state index in [2.05, 4.69) is 20.0 Å². The highest BCUT2D eigenvalue weighted by atomic mass is 35.5. The van der Waals surface area contributed by atoms with Gasteiger partial charge < -0.3 is 15.8 Å². The normalized spacial score (nSPS) is 9.73. The molecule has 1 aromatic heterocycles. The minimum atomic E-state index is -0.797. The summed E-state index contributed by atoms with van der Waals surface area (Å²) in [5.41, 5.74) is 5.65. The Kier molecular flexibility index (Phi) is 4.11. The Bertz CT molecular complexity index is 358. The lowest BCUT2D eigenvalue weighted by molar-refractivity contribution is 0.161. The van der Waals surface area contributed by atoms with E-state index in [1.807, 2.05) is 6.92 Å². The third-order valence-electron chi connectivity index (χ3n) is 1.58. The number of amides is 1. The molecule has 0 aliphatic heterocycles. The van der Waals surface area contributed by atoms with Crippen molar-refractivity contribution in [3.8, 4) is 0 Å². The lowest BCUT2D eigenvalue weighted by Crippen LogP contribution is -2.19. The molecular formula is C8H11ClN4O2. The highest BCUT2D eigenvalue weighted by Gasteiger charge is 2.01. The van der Waals surface area contributed by atoms with Crippen molar-refractivity contribution in [3.63, 3.8) is 0 Å². The van der Waals surface area contributed by atoms with E-state index in [1.54, 1.807) is 6.20 Å². The van der Waals surface area contributed by atoms with Gasteiger partial charge in [0.1, 0.15) is 12.4 Å². The first-order valence-corrected chi connectivity index (χ1v) is 4.62. The Balaban J connectivity index is 2.43. The number of aryl methyl sites for hydroxylation is 1. The standard InChI is InChI=1S/C8H11ClN4O2/c1-5-4-12-7(9)13-6(5)11-2-3-15-8(10)14/h4H,2-3H2,1H3,(H2,10,14)(H,11,12,13). The van der Waals surface area contributed by atoms with Crippen LogP contribution in [0.3, 0.4) is 0 Å². The summed E-state index contributed by atoms with van der Waals surface area (Å²) in [5, 5.41) is 3.11. The largest absolute Gasteiger partial charge is 0.448 e. The highest BCUT2D eigenvalue weighted by molar-refractivity contribution is 6.28. The van der Waals surface area contributed by atoms with Gasteiger partial charge in [-0.25, -0.2) is 14.8 Å². The van der Waals surface area contributed by atoms with E-state index < -0.39 is 6.09 Å². The van der Waals surface area contributed by atoms with Crippen LogP contribution in [0.15, 0.2) is 6.20 Å². The maximum absolute atomic E-state index is 10.3.